The first-order chi connectivity index (χ1) is 10.6. The van der Waals surface area contributed by atoms with Crippen LogP contribution < -0.4 is 10.6 Å². The lowest BCUT2D eigenvalue weighted by Gasteiger charge is -2.24. The van der Waals surface area contributed by atoms with Gasteiger partial charge in [-0.25, -0.2) is 0 Å². The second-order valence-corrected chi connectivity index (χ2v) is 5.54. The van der Waals surface area contributed by atoms with E-state index in [-0.39, 0.29) is 11.8 Å². The van der Waals surface area contributed by atoms with Crippen LogP contribution in [0.25, 0.3) is 0 Å². The van der Waals surface area contributed by atoms with E-state index in [2.05, 4.69) is 10.6 Å². The smallest absolute Gasteiger partial charge is 0.307 e. The quantitative estimate of drug-likeness (QED) is 0.738. The summed E-state index contributed by atoms with van der Waals surface area (Å²) in [6.45, 7) is 0.497. The van der Waals surface area contributed by atoms with Crippen molar-refractivity contribution in [2.75, 3.05) is 5.32 Å². The molecule has 0 bridgehead atoms. The predicted molar refractivity (Wildman–Crippen MR) is 79.2 cm³/mol. The molecular formula is C16H16N2O4. The number of amides is 2. The van der Waals surface area contributed by atoms with Crippen LogP contribution in [0.5, 0.6) is 0 Å². The Bertz CT molecular complexity index is 681. The van der Waals surface area contributed by atoms with Crippen molar-refractivity contribution in [3.8, 4) is 0 Å². The van der Waals surface area contributed by atoms with Crippen molar-refractivity contribution in [2.24, 2.45) is 11.8 Å². The molecule has 0 fully saturated rings. The van der Waals surface area contributed by atoms with Gasteiger partial charge >= 0.3 is 5.97 Å². The van der Waals surface area contributed by atoms with E-state index in [1.165, 1.54) is 0 Å². The van der Waals surface area contributed by atoms with Crippen LogP contribution in [0, 0.1) is 11.8 Å². The first-order valence-corrected chi connectivity index (χ1v) is 7.16. The lowest BCUT2D eigenvalue weighted by molar-refractivity contribution is -0.146. The van der Waals surface area contributed by atoms with Gasteiger partial charge in [-0.3, -0.25) is 14.4 Å². The van der Waals surface area contributed by atoms with E-state index in [9.17, 15) is 19.5 Å². The molecule has 0 unspecified atom stereocenters. The number of hydrogen-bond donors (Lipinski definition) is 3. The summed E-state index contributed by atoms with van der Waals surface area (Å²) >= 11 is 0. The minimum atomic E-state index is -0.960. The average Bonchev–Trinajstić information content (AvgIpc) is 2.88. The molecule has 1 aliphatic carbocycles. The van der Waals surface area contributed by atoms with E-state index in [0.29, 0.717) is 30.6 Å². The van der Waals surface area contributed by atoms with Crippen molar-refractivity contribution in [1.29, 1.82) is 0 Å². The maximum Gasteiger partial charge on any atom is 0.307 e. The molecule has 6 nitrogen and oxygen atoms in total. The first-order valence-electron chi connectivity index (χ1n) is 7.16. The Labute approximate surface area is 127 Å². The van der Waals surface area contributed by atoms with Gasteiger partial charge in [0.1, 0.15) is 0 Å². The van der Waals surface area contributed by atoms with Crippen LogP contribution in [0.3, 0.4) is 0 Å². The number of anilines is 1. The molecule has 3 rings (SSSR count). The largest absolute Gasteiger partial charge is 0.481 e. The summed E-state index contributed by atoms with van der Waals surface area (Å²) in [6, 6.07) is 5.15. The lowest BCUT2D eigenvalue weighted by Crippen LogP contribution is -2.34. The highest BCUT2D eigenvalue weighted by Gasteiger charge is 2.34. The number of carboxylic acid groups (broad SMARTS) is 1. The van der Waals surface area contributed by atoms with Gasteiger partial charge in [-0.05, 0) is 30.5 Å². The summed E-state index contributed by atoms with van der Waals surface area (Å²) in [7, 11) is 0. The lowest BCUT2D eigenvalue weighted by atomic mass is 9.82. The molecule has 3 N–H and O–H groups in total. The standard InChI is InChI=1S/C16H16N2O4/c19-14-13-7-10(6-5-9(13)8-17-14)18-15(20)11-3-1-2-4-12(11)16(21)22/h1-2,5-7,11-12H,3-4,8H2,(H,17,19)(H,18,20)(H,21,22)/t11-,12-/m0/s1. The van der Waals surface area contributed by atoms with Crippen LogP contribution in [0.2, 0.25) is 0 Å². The second kappa shape index (κ2) is 5.63. The number of aliphatic carboxylic acids is 1. The van der Waals surface area contributed by atoms with Gasteiger partial charge < -0.3 is 15.7 Å². The number of fused-ring (bicyclic) bond motifs is 1. The van der Waals surface area contributed by atoms with Crippen LogP contribution >= 0.6 is 0 Å². The van der Waals surface area contributed by atoms with E-state index in [1.54, 1.807) is 24.3 Å². The Hall–Kier alpha value is -2.63. The third kappa shape index (κ3) is 2.59. The number of hydrogen-bond acceptors (Lipinski definition) is 3. The minimum absolute atomic E-state index is 0.157. The van der Waals surface area contributed by atoms with Crippen LogP contribution in [-0.4, -0.2) is 22.9 Å². The zero-order valence-electron chi connectivity index (χ0n) is 11.8. The van der Waals surface area contributed by atoms with Crippen molar-refractivity contribution in [1.82, 2.24) is 5.32 Å². The van der Waals surface area contributed by atoms with Crippen molar-refractivity contribution in [2.45, 2.75) is 19.4 Å². The summed E-state index contributed by atoms with van der Waals surface area (Å²) in [5.41, 5.74) is 1.96. The van der Waals surface area contributed by atoms with Gasteiger partial charge in [-0.1, -0.05) is 18.2 Å². The Morgan fingerprint density at radius 3 is 2.64 bits per heavy atom. The van der Waals surface area contributed by atoms with Gasteiger partial charge in [-0.2, -0.15) is 0 Å². The zero-order chi connectivity index (χ0) is 15.7. The van der Waals surface area contributed by atoms with Crippen molar-refractivity contribution < 1.29 is 19.5 Å². The Kier molecular flexibility index (Phi) is 3.66. The van der Waals surface area contributed by atoms with Crippen molar-refractivity contribution >= 4 is 23.5 Å². The molecule has 1 aromatic carbocycles. The third-order valence-corrected chi connectivity index (χ3v) is 4.15. The van der Waals surface area contributed by atoms with Gasteiger partial charge in [0.05, 0.1) is 11.8 Å². The van der Waals surface area contributed by atoms with Crippen LogP contribution in [0.4, 0.5) is 5.69 Å². The Balaban J connectivity index is 1.77. The topological polar surface area (TPSA) is 95.5 Å². The fourth-order valence-electron chi connectivity index (χ4n) is 2.90. The average molecular weight is 300 g/mol. The molecule has 2 aliphatic rings. The SMILES string of the molecule is O=C1NCc2ccc(NC(=O)[C@H]3CC=CC[C@@H]3C(=O)O)cc21. The van der Waals surface area contributed by atoms with Gasteiger partial charge in [0.2, 0.25) is 5.91 Å². The van der Waals surface area contributed by atoms with Gasteiger partial charge in [0.15, 0.2) is 0 Å². The second-order valence-electron chi connectivity index (χ2n) is 5.54. The summed E-state index contributed by atoms with van der Waals surface area (Å²) < 4.78 is 0. The zero-order valence-corrected chi connectivity index (χ0v) is 11.8. The fraction of sp³-hybridized carbons (Fsp3) is 0.312. The summed E-state index contributed by atoms with van der Waals surface area (Å²) in [5, 5.41) is 14.7. The minimum Gasteiger partial charge on any atom is -0.481 e. The molecule has 2 amide bonds. The molecule has 0 spiro atoms. The highest BCUT2D eigenvalue weighted by Crippen LogP contribution is 2.28. The van der Waals surface area contributed by atoms with E-state index in [1.807, 2.05) is 6.08 Å². The number of rotatable bonds is 3. The molecule has 2 atom stereocenters. The maximum atomic E-state index is 12.4. The van der Waals surface area contributed by atoms with Crippen LogP contribution in [0.1, 0.15) is 28.8 Å². The van der Waals surface area contributed by atoms with Crippen molar-refractivity contribution in [3.63, 3.8) is 0 Å². The number of carbonyl (C=O) groups is 3. The predicted octanol–water partition coefficient (Wildman–Crippen LogP) is 1.54. The number of carbonyl (C=O) groups excluding carboxylic acids is 2. The Morgan fingerprint density at radius 1 is 1.18 bits per heavy atom. The summed E-state index contributed by atoms with van der Waals surface area (Å²) in [4.78, 5) is 35.2. The van der Waals surface area contributed by atoms with Crippen LogP contribution in [0.15, 0.2) is 30.4 Å². The van der Waals surface area contributed by atoms with E-state index in [0.717, 1.165) is 5.56 Å². The Morgan fingerprint density at radius 2 is 1.91 bits per heavy atom. The molecule has 0 aromatic heterocycles. The first kappa shape index (κ1) is 14.3. The van der Waals surface area contributed by atoms with Crippen LogP contribution in [-0.2, 0) is 16.1 Å². The van der Waals surface area contributed by atoms with Gasteiger partial charge in [-0.15, -0.1) is 0 Å². The van der Waals surface area contributed by atoms with E-state index < -0.39 is 17.8 Å². The molecule has 0 saturated heterocycles. The van der Waals surface area contributed by atoms with Gasteiger partial charge in [0.25, 0.3) is 5.91 Å². The number of carboxylic acids is 1. The molecule has 0 radical (unpaired) electrons. The summed E-state index contributed by atoms with van der Waals surface area (Å²) in [5.74, 6) is -2.74. The maximum absolute atomic E-state index is 12.4. The number of benzene rings is 1. The molecule has 6 heteroatoms. The molecule has 114 valence electrons. The summed E-state index contributed by atoms with van der Waals surface area (Å²) in [6.07, 6.45) is 4.40. The molecule has 22 heavy (non-hydrogen) atoms. The molecule has 1 heterocycles. The normalized spacial score (nSPS) is 22.8. The molecule has 1 aromatic rings. The fourth-order valence-corrected chi connectivity index (χ4v) is 2.90. The van der Waals surface area contributed by atoms with Gasteiger partial charge in [0, 0.05) is 17.8 Å². The highest BCUT2D eigenvalue weighted by molar-refractivity contribution is 6.01. The third-order valence-electron chi connectivity index (χ3n) is 4.15. The van der Waals surface area contributed by atoms with E-state index >= 15 is 0 Å². The van der Waals surface area contributed by atoms with Crippen molar-refractivity contribution in [3.05, 3.63) is 41.5 Å². The number of allylic oxidation sites excluding steroid dienone is 2. The molecule has 0 saturated carbocycles. The highest BCUT2D eigenvalue weighted by atomic mass is 16.4. The number of nitrogens with one attached hydrogen (secondary N) is 2. The monoisotopic (exact) mass is 300 g/mol. The van der Waals surface area contributed by atoms with E-state index in [4.69, 9.17) is 0 Å². The molecular weight excluding hydrogens is 284 g/mol. The molecule has 1 aliphatic heterocycles.